The summed E-state index contributed by atoms with van der Waals surface area (Å²) in [5, 5.41) is 25.2. The summed E-state index contributed by atoms with van der Waals surface area (Å²) in [7, 11) is 0. The van der Waals surface area contributed by atoms with Crippen LogP contribution in [0.25, 0.3) is 22.5 Å². The Labute approximate surface area is 335 Å². The third kappa shape index (κ3) is 12.7. The largest absolute Gasteiger partial charge is 0.508 e. The molecule has 0 radical (unpaired) electrons. The van der Waals surface area contributed by atoms with E-state index in [-0.39, 0.29) is 30.6 Å². The predicted molar refractivity (Wildman–Crippen MR) is 223 cm³/mol. The number of carboxylic acid groups (broad SMARTS) is 1. The summed E-state index contributed by atoms with van der Waals surface area (Å²) in [6.45, 7) is 9.05. The number of phenols is 1. The van der Waals surface area contributed by atoms with Crippen LogP contribution < -0.4 is 15.4 Å². The minimum Gasteiger partial charge on any atom is -0.508 e. The summed E-state index contributed by atoms with van der Waals surface area (Å²) < 4.78 is 5.90. The fraction of sp³-hybridized carbons (Fsp3) is 0.340. The number of benzene rings is 4. The van der Waals surface area contributed by atoms with Gasteiger partial charge in [-0.1, -0.05) is 114 Å². The van der Waals surface area contributed by atoms with Crippen molar-refractivity contribution in [2.45, 2.75) is 84.1 Å². The smallest absolute Gasteiger partial charge is 0.308 e. The zero-order valence-corrected chi connectivity index (χ0v) is 33.3. The molecule has 57 heavy (non-hydrogen) atoms. The van der Waals surface area contributed by atoms with Crippen LogP contribution in [0.1, 0.15) is 86.8 Å². The van der Waals surface area contributed by atoms with Crippen LogP contribution in [0.2, 0.25) is 0 Å². The molecule has 0 saturated heterocycles. The van der Waals surface area contributed by atoms with Crippen molar-refractivity contribution >= 4 is 17.8 Å². The number of hydrogen-bond donors (Lipinski definition) is 4. The van der Waals surface area contributed by atoms with Crippen LogP contribution >= 0.6 is 0 Å². The summed E-state index contributed by atoms with van der Waals surface area (Å²) in [5.41, 5.74) is 5.53. The molecule has 298 valence electrons. The molecule has 5 rings (SSSR count). The lowest BCUT2D eigenvalue weighted by Gasteiger charge is -2.21. The van der Waals surface area contributed by atoms with Crippen molar-refractivity contribution in [2.24, 2.45) is 5.92 Å². The van der Waals surface area contributed by atoms with Crippen molar-refractivity contribution < 1.29 is 29.3 Å². The highest BCUT2D eigenvalue weighted by atomic mass is 16.5. The molecule has 4 aromatic carbocycles. The molecule has 0 aliphatic carbocycles. The third-order valence-corrected chi connectivity index (χ3v) is 9.93. The highest BCUT2D eigenvalue weighted by Crippen LogP contribution is 2.25. The van der Waals surface area contributed by atoms with Gasteiger partial charge in [0.05, 0.1) is 12.5 Å². The standard InChI is InChI=1S/C47H54N4O6/c1-5-6-7-8-9-26-57-41-24-18-34(19-25-41)38-30-48-43(49-31-38)35-14-10-33(11-15-35)28-42(51-44(53)36-16-20-39(21-17-36)47(2,3)4)45(54)50-29-37(46(55)56)27-32-12-22-40(52)23-13-32/h10-25,30-31,37,42,52H,5-9,26-29H2,1-4H3,(H,50,54)(H,51,53)(H,55,56). The van der Waals surface area contributed by atoms with Gasteiger partial charge in [-0.3, -0.25) is 14.4 Å². The van der Waals surface area contributed by atoms with E-state index in [9.17, 15) is 24.6 Å². The van der Waals surface area contributed by atoms with Crippen molar-refractivity contribution in [3.05, 3.63) is 132 Å². The average Bonchev–Trinajstić information content (AvgIpc) is 3.21. The van der Waals surface area contributed by atoms with Crippen molar-refractivity contribution in [1.29, 1.82) is 0 Å². The van der Waals surface area contributed by atoms with E-state index >= 15 is 0 Å². The summed E-state index contributed by atoms with van der Waals surface area (Å²) >= 11 is 0. The van der Waals surface area contributed by atoms with Crippen molar-refractivity contribution in [3.63, 3.8) is 0 Å². The van der Waals surface area contributed by atoms with Gasteiger partial charge in [-0.25, -0.2) is 9.97 Å². The number of aromatic nitrogens is 2. The van der Waals surface area contributed by atoms with Gasteiger partial charge >= 0.3 is 5.97 Å². The van der Waals surface area contributed by atoms with Gasteiger partial charge in [0.1, 0.15) is 17.5 Å². The van der Waals surface area contributed by atoms with Gasteiger partial charge in [-0.2, -0.15) is 0 Å². The third-order valence-electron chi connectivity index (χ3n) is 9.93. The van der Waals surface area contributed by atoms with Crippen molar-refractivity contribution in [3.8, 4) is 34.0 Å². The lowest BCUT2D eigenvalue weighted by Crippen LogP contribution is -2.49. The molecular weight excluding hydrogens is 717 g/mol. The highest BCUT2D eigenvalue weighted by Gasteiger charge is 2.26. The van der Waals surface area contributed by atoms with E-state index < -0.39 is 29.7 Å². The number of carbonyl (C=O) groups is 3. The number of ether oxygens (including phenoxy) is 1. The Hall–Kier alpha value is -6.03. The first-order valence-corrected chi connectivity index (χ1v) is 19.7. The number of aliphatic carboxylic acids is 1. The molecule has 1 aromatic heterocycles. The van der Waals surface area contributed by atoms with Crippen LogP contribution in [0.15, 0.2) is 109 Å². The Morgan fingerprint density at radius 3 is 1.93 bits per heavy atom. The van der Waals surface area contributed by atoms with Gasteiger partial charge in [0.25, 0.3) is 5.91 Å². The number of amides is 2. The van der Waals surface area contributed by atoms with Crippen LogP contribution in [0.3, 0.4) is 0 Å². The van der Waals surface area contributed by atoms with Gasteiger partial charge in [-0.05, 0) is 76.9 Å². The topological polar surface area (TPSA) is 151 Å². The SMILES string of the molecule is CCCCCCCOc1ccc(-c2cnc(-c3ccc(CC(NC(=O)c4ccc(C(C)(C)C)cc4)C(=O)NCC(Cc4ccc(O)cc4)C(=O)O)cc3)nc2)cc1. The van der Waals surface area contributed by atoms with Gasteiger partial charge < -0.3 is 25.6 Å². The minimum atomic E-state index is -1.07. The number of nitrogens with zero attached hydrogens (tertiary/aromatic N) is 2. The molecular formula is C47H54N4O6. The van der Waals surface area contributed by atoms with Gasteiger partial charge in [0.2, 0.25) is 5.91 Å². The van der Waals surface area contributed by atoms with Crippen LogP contribution in [-0.2, 0) is 27.8 Å². The lowest BCUT2D eigenvalue weighted by molar-refractivity contribution is -0.141. The minimum absolute atomic E-state index is 0.0791. The molecule has 0 bridgehead atoms. The number of carbonyl (C=O) groups excluding carboxylic acids is 2. The Kier molecular flexibility index (Phi) is 14.9. The summed E-state index contributed by atoms with van der Waals surface area (Å²) in [4.78, 5) is 48.5. The summed E-state index contributed by atoms with van der Waals surface area (Å²) in [6.07, 6.45) is 9.86. The van der Waals surface area contributed by atoms with E-state index in [0.717, 1.165) is 40.0 Å². The van der Waals surface area contributed by atoms with Crippen LogP contribution in [0.4, 0.5) is 0 Å². The molecule has 0 aliphatic heterocycles. The first kappa shape index (κ1) is 42.1. The maximum Gasteiger partial charge on any atom is 0.308 e. The number of phenolic OH excluding ortho intramolecular Hbond substituents is 1. The monoisotopic (exact) mass is 770 g/mol. The summed E-state index contributed by atoms with van der Waals surface area (Å²) in [6, 6.07) is 28.0. The van der Waals surface area contributed by atoms with E-state index in [1.807, 2.05) is 60.7 Å². The van der Waals surface area contributed by atoms with Crippen LogP contribution in [0.5, 0.6) is 11.5 Å². The second-order valence-electron chi connectivity index (χ2n) is 15.5. The number of carboxylic acids is 1. The molecule has 0 spiro atoms. The Morgan fingerprint density at radius 2 is 1.32 bits per heavy atom. The average molecular weight is 771 g/mol. The molecule has 10 nitrogen and oxygen atoms in total. The normalized spacial score (nSPS) is 12.4. The molecule has 2 amide bonds. The zero-order valence-electron chi connectivity index (χ0n) is 33.3. The fourth-order valence-electron chi connectivity index (χ4n) is 6.37. The molecule has 0 fully saturated rings. The second-order valence-corrected chi connectivity index (χ2v) is 15.5. The van der Waals surface area contributed by atoms with E-state index in [1.54, 1.807) is 36.7 Å². The first-order chi connectivity index (χ1) is 27.4. The fourth-order valence-corrected chi connectivity index (χ4v) is 6.37. The number of aromatic hydroxyl groups is 1. The number of unbranched alkanes of at least 4 members (excludes halogenated alkanes) is 4. The van der Waals surface area contributed by atoms with E-state index in [0.29, 0.717) is 23.6 Å². The molecule has 4 N–H and O–H groups in total. The molecule has 2 unspecified atom stereocenters. The van der Waals surface area contributed by atoms with E-state index in [1.165, 1.54) is 37.8 Å². The first-order valence-electron chi connectivity index (χ1n) is 19.7. The Bertz CT molecular complexity index is 2040. The number of rotatable bonds is 19. The Balaban J connectivity index is 1.25. The quantitative estimate of drug-likeness (QED) is 0.0610. The van der Waals surface area contributed by atoms with E-state index in [4.69, 9.17) is 4.74 Å². The van der Waals surface area contributed by atoms with Gasteiger partial charge in [-0.15, -0.1) is 0 Å². The Morgan fingerprint density at radius 1 is 0.719 bits per heavy atom. The molecule has 2 atom stereocenters. The molecule has 10 heteroatoms. The highest BCUT2D eigenvalue weighted by molar-refractivity contribution is 5.97. The maximum atomic E-state index is 13.7. The summed E-state index contributed by atoms with van der Waals surface area (Å²) in [5.74, 6) is -1.45. The van der Waals surface area contributed by atoms with E-state index in [2.05, 4.69) is 48.3 Å². The molecule has 0 saturated carbocycles. The van der Waals surface area contributed by atoms with Crippen LogP contribution in [-0.4, -0.2) is 57.2 Å². The predicted octanol–water partition coefficient (Wildman–Crippen LogP) is 8.56. The van der Waals surface area contributed by atoms with Crippen molar-refractivity contribution in [2.75, 3.05) is 13.2 Å². The number of nitrogens with one attached hydrogen (secondary N) is 2. The molecule has 1 heterocycles. The van der Waals surface area contributed by atoms with Crippen LogP contribution in [0, 0.1) is 5.92 Å². The number of hydrogen-bond acceptors (Lipinski definition) is 7. The lowest BCUT2D eigenvalue weighted by atomic mass is 9.86. The zero-order chi connectivity index (χ0) is 40.8. The second kappa shape index (κ2) is 20.2. The maximum absolute atomic E-state index is 13.7. The van der Waals surface area contributed by atoms with Crippen molar-refractivity contribution in [1.82, 2.24) is 20.6 Å². The van der Waals surface area contributed by atoms with Gasteiger partial charge in [0, 0.05) is 42.0 Å². The molecule has 0 aliphatic rings. The van der Waals surface area contributed by atoms with Gasteiger partial charge in [0.15, 0.2) is 5.82 Å². The molecule has 5 aromatic rings.